The third-order valence-electron chi connectivity index (χ3n) is 5.91. The molecule has 0 fully saturated rings. The van der Waals surface area contributed by atoms with Gasteiger partial charge in [0, 0.05) is 23.5 Å². The van der Waals surface area contributed by atoms with Gasteiger partial charge in [0.05, 0.1) is 16.8 Å². The monoisotopic (exact) mass is 540 g/mol. The largest absolute Gasteiger partial charge is 0.458 e. The van der Waals surface area contributed by atoms with Crippen molar-refractivity contribution in [3.05, 3.63) is 106 Å². The summed E-state index contributed by atoms with van der Waals surface area (Å²) >= 11 is 1.36. The maximum atomic E-state index is 13.5. The third kappa shape index (κ3) is 5.70. The van der Waals surface area contributed by atoms with Crippen molar-refractivity contribution < 1.29 is 19.1 Å². The highest BCUT2D eigenvalue weighted by Gasteiger charge is 2.27. The van der Waals surface area contributed by atoms with Crippen LogP contribution in [-0.2, 0) is 27.4 Å². The van der Waals surface area contributed by atoms with Crippen LogP contribution in [0.4, 0.5) is 11.4 Å². The van der Waals surface area contributed by atoms with Gasteiger partial charge in [-0.3, -0.25) is 9.78 Å². The van der Waals surface area contributed by atoms with Crippen LogP contribution >= 0.6 is 11.3 Å². The Morgan fingerprint density at radius 2 is 1.77 bits per heavy atom. The van der Waals surface area contributed by atoms with Crippen molar-refractivity contribution in [1.29, 1.82) is 0 Å². The van der Waals surface area contributed by atoms with E-state index in [0.717, 1.165) is 16.3 Å². The first-order valence-electron chi connectivity index (χ1n) is 12.2. The van der Waals surface area contributed by atoms with Crippen molar-refractivity contribution >= 4 is 45.4 Å². The Kier molecular flexibility index (Phi) is 7.74. The fraction of sp³-hybridized carbons (Fsp3) is 0.138. The van der Waals surface area contributed by atoms with Crippen LogP contribution in [0.3, 0.4) is 0 Å². The van der Waals surface area contributed by atoms with Crippen LogP contribution in [0.5, 0.6) is 0 Å². The third-order valence-corrected chi connectivity index (χ3v) is 6.78. The van der Waals surface area contributed by atoms with E-state index in [2.05, 4.69) is 15.4 Å². The number of carbonyl (C=O) groups excluding carboxylic acids is 2. The second-order valence-corrected chi connectivity index (χ2v) is 9.40. The van der Waals surface area contributed by atoms with Crippen molar-refractivity contribution in [2.75, 3.05) is 11.9 Å². The van der Waals surface area contributed by atoms with Gasteiger partial charge in [0.25, 0.3) is 5.56 Å². The molecule has 0 spiro atoms. The molecule has 0 amide bonds. The predicted octanol–water partition coefficient (Wildman–Crippen LogP) is 5.18. The lowest BCUT2D eigenvalue weighted by atomic mass is 10.1. The summed E-state index contributed by atoms with van der Waals surface area (Å²) in [6.07, 6.45) is 3.30. The van der Waals surface area contributed by atoms with Gasteiger partial charge in [-0.1, -0.05) is 60.7 Å². The van der Waals surface area contributed by atoms with E-state index in [-0.39, 0.29) is 30.1 Å². The molecule has 5 rings (SSSR count). The summed E-state index contributed by atoms with van der Waals surface area (Å²) in [6.45, 7) is 1.49. The van der Waals surface area contributed by atoms with E-state index in [1.807, 2.05) is 66.0 Å². The zero-order valence-corrected chi connectivity index (χ0v) is 21.8. The molecule has 0 bridgehead atoms. The summed E-state index contributed by atoms with van der Waals surface area (Å²) in [5, 5.41) is 11.1. The molecule has 0 radical (unpaired) electrons. The van der Waals surface area contributed by atoms with Crippen LogP contribution in [-0.4, -0.2) is 33.3 Å². The van der Waals surface area contributed by atoms with Crippen molar-refractivity contribution in [2.24, 2.45) is 0 Å². The fourth-order valence-electron chi connectivity index (χ4n) is 4.01. The Morgan fingerprint density at radius 3 is 2.54 bits per heavy atom. The molecule has 0 atom stereocenters. The summed E-state index contributed by atoms with van der Waals surface area (Å²) in [5.74, 6) is -1.59. The van der Waals surface area contributed by atoms with Crippen LogP contribution in [0.15, 0.2) is 89.3 Å². The molecule has 0 aliphatic rings. The number of aryl methyl sites for hydroxylation is 1. The molecule has 10 heteroatoms. The molecule has 5 aromatic rings. The number of ether oxygens (including phenoxy) is 2. The molecule has 1 N–H and O–H groups in total. The summed E-state index contributed by atoms with van der Waals surface area (Å²) in [7, 11) is 0. The van der Waals surface area contributed by atoms with E-state index in [9.17, 15) is 14.4 Å². The molecule has 0 aliphatic carbocycles. The molecular formula is C29H24N4O5S. The molecule has 0 unspecified atom stereocenters. The number of nitrogens with zero attached hydrogens (tertiary/aromatic N) is 3. The number of benzene rings is 2. The molecule has 3 aromatic heterocycles. The highest BCUT2D eigenvalue weighted by molar-refractivity contribution is 7.13. The van der Waals surface area contributed by atoms with E-state index in [1.165, 1.54) is 16.0 Å². The molecule has 9 nitrogen and oxygen atoms in total. The standard InChI is InChI=1S/C29H24N4O5S/c1-2-33-28(35)27(31-22-16-30-15-20-11-6-7-12-21(20)22)25(26(32-33)23-13-8-14-39-23)29(36)38-18-24(34)37-17-19-9-4-3-5-10-19/h3-16,31H,2,17-18H2,1H3. The van der Waals surface area contributed by atoms with E-state index in [0.29, 0.717) is 10.6 Å². The van der Waals surface area contributed by atoms with Crippen molar-refractivity contribution in [3.63, 3.8) is 0 Å². The molecule has 0 saturated carbocycles. The molecular weight excluding hydrogens is 516 g/mol. The van der Waals surface area contributed by atoms with Gasteiger partial charge >= 0.3 is 11.9 Å². The predicted molar refractivity (Wildman–Crippen MR) is 149 cm³/mol. The SMILES string of the molecule is CCn1nc(-c2cccs2)c(C(=O)OCC(=O)OCc2ccccc2)c(Nc2cncc3ccccc23)c1=O. The number of esters is 2. The summed E-state index contributed by atoms with van der Waals surface area (Å²) in [5.41, 5.74) is 1.01. The van der Waals surface area contributed by atoms with Crippen molar-refractivity contribution in [2.45, 2.75) is 20.1 Å². The van der Waals surface area contributed by atoms with Crippen LogP contribution in [0.1, 0.15) is 22.8 Å². The lowest BCUT2D eigenvalue weighted by Crippen LogP contribution is -2.29. The van der Waals surface area contributed by atoms with E-state index in [4.69, 9.17) is 9.47 Å². The van der Waals surface area contributed by atoms with Crippen LogP contribution in [0.2, 0.25) is 0 Å². The number of hydrogen-bond donors (Lipinski definition) is 1. The van der Waals surface area contributed by atoms with E-state index >= 15 is 0 Å². The second-order valence-electron chi connectivity index (χ2n) is 8.45. The summed E-state index contributed by atoms with van der Waals surface area (Å²) in [6, 6.07) is 20.3. The van der Waals surface area contributed by atoms with Crippen molar-refractivity contribution in [3.8, 4) is 10.6 Å². The number of rotatable bonds is 9. The molecule has 2 aromatic carbocycles. The topological polar surface area (TPSA) is 112 Å². The van der Waals surface area contributed by atoms with Crippen molar-refractivity contribution in [1.82, 2.24) is 14.8 Å². The normalized spacial score (nSPS) is 10.8. The van der Waals surface area contributed by atoms with E-state index in [1.54, 1.807) is 25.4 Å². The second kappa shape index (κ2) is 11.7. The van der Waals surface area contributed by atoms with Gasteiger partial charge in [0.15, 0.2) is 6.61 Å². The van der Waals surface area contributed by atoms with Gasteiger partial charge in [0.1, 0.15) is 23.6 Å². The first kappa shape index (κ1) is 25.8. The maximum absolute atomic E-state index is 13.5. The minimum atomic E-state index is -0.876. The molecule has 39 heavy (non-hydrogen) atoms. The fourth-order valence-corrected chi connectivity index (χ4v) is 4.73. The minimum Gasteiger partial charge on any atom is -0.458 e. The van der Waals surface area contributed by atoms with Crippen LogP contribution in [0, 0.1) is 0 Å². The van der Waals surface area contributed by atoms with Gasteiger partial charge in [-0.25, -0.2) is 14.3 Å². The summed E-state index contributed by atoms with van der Waals surface area (Å²) in [4.78, 5) is 44.3. The first-order valence-corrected chi connectivity index (χ1v) is 13.1. The average Bonchev–Trinajstić information content (AvgIpc) is 3.51. The number of fused-ring (bicyclic) bond motifs is 1. The number of nitrogens with one attached hydrogen (secondary N) is 1. The highest BCUT2D eigenvalue weighted by Crippen LogP contribution is 2.32. The molecule has 3 heterocycles. The van der Waals surface area contributed by atoms with Gasteiger partial charge in [-0.15, -0.1) is 11.3 Å². The van der Waals surface area contributed by atoms with Gasteiger partial charge < -0.3 is 14.8 Å². The number of carbonyl (C=O) groups is 2. The minimum absolute atomic E-state index is 0.0175. The van der Waals surface area contributed by atoms with Gasteiger partial charge in [0.2, 0.25) is 0 Å². The molecule has 196 valence electrons. The number of pyridine rings is 1. The summed E-state index contributed by atoms with van der Waals surface area (Å²) < 4.78 is 11.9. The average molecular weight is 541 g/mol. The maximum Gasteiger partial charge on any atom is 0.344 e. The lowest BCUT2D eigenvalue weighted by molar-refractivity contribution is -0.148. The number of thiophene rings is 1. The first-order chi connectivity index (χ1) is 19.0. The van der Waals surface area contributed by atoms with Gasteiger partial charge in [-0.2, -0.15) is 5.10 Å². The zero-order valence-electron chi connectivity index (χ0n) is 21.0. The quantitative estimate of drug-likeness (QED) is 0.255. The lowest BCUT2D eigenvalue weighted by Gasteiger charge is -2.17. The van der Waals surface area contributed by atoms with E-state index < -0.39 is 24.1 Å². The van der Waals surface area contributed by atoms with Crippen LogP contribution in [0.25, 0.3) is 21.3 Å². The number of hydrogen-bond acceptors (Lipinski definition) is 9. The molecule has 0 saturated heterocycles. The Labute approximate surface area is 227 Å². The van der Waals surface area contributed by atoms with Crippen LogP contribution < -0.4 is 10.9 Å². The highest BCUT2D eigenvalue weighted by atomic mass is 32.1. The number of aromatic nitrogens is 3. The zero-order chi connectivity index (χ0) is 27.2. The molecule has 0 aliphatic heterocycles. The Balaban J connectivity index is 1.50. The smallest absolute Gasteiger partial charge is 0.344 e. The Bertz CT molecular complexity index is 1680. The Morgan fingerprint density at radius 1 is 0.974 bits per heavy atom. The van der Waals surface area contributed by atoms with Gasteiger partial charge in [-0.05, 0) is 23.9 Å². The number of anilines is 2. The Hall–Kier alpha value is -4.83.